The van der Waals surface area contributed by atoms with E-state index in [4.69, 9.17) is 9.47 Å². The summed E-state index contributed by atoms with van der Waals surface area (Å²) in [6, 6.07) is 25.0. The van der Waals surface area contributed by atoms with Gasteiger partial charge in [0.2, 0.25) is 5.91 Å². The van der Waals surface area contributed by atoms with E-state index in [0.29, 0.717) is 36.5 Å². The third-order valence-corrected chi connectivity index (χ3v) is 4.82. The van der Waals surface area contributed by atoms with Gasteiger partial charge in [0.15, 0.2) is 0 Å². The number of methoxy groups -OCH3 is 1. The predicted molar refractivity (Wildman–Crippen MR) is 117 cm³/mol. The number of carbonyl (C=O) groups is 1. The van der Waals surface area contributed by atoms with Crippen molar-refractivity contribution in [3.05, 3.63) is 95.6 Å². The standard InChI is InChI=1S/C25H27NO4/c1-29-23-17-22(15-14-21(23)18-27)30-16-8-13-24(28)26-25(19-9-4-2-5-10-19)20-11-6-3-7-12-20/h2-7,9-12,14-15,17,25,27H,8,13,16,18H2,1H3,(H,26,28). The Labute approximate surface area is 177 Å². The molecule has 3 aromatic carbocycles. The molecule has 0 fully saturated rings. The lowest BCUT2D eigenvalue weighted by Gasteiger charge is -2.20. The molecular weight excluding hydrogens is 378 g/mol. The maximum absolute atomic E-state index is 12.6. The zero-order valence-corrected chi connectivity index (χ0v) is 17.1. The molecular formula is C25H27NO4. The van der Waals surface area contributed by atoms with Crippen molar-refractivity contribution in [2.75, 3.05) is 13.7 Å². The molecule has 30 heavy (non-hydrogen) atoms. The van der Waals surface area contributed by atoms with Gasteiger partial charge in [0.05, 0.1) is 26.4 Å². The van der Waals surface area contributed by atoms with Crippen molar-refractivity contribution >= 4 is 5.91 Å². The van der Waals surface area contributed by atoms with E-state index in [-0.39, 0.29) is 18.6 Å². The highest BCUT2D eigenvalue weighted by Crippen LogP contribution is 2.25. The number of aliphatic hydroxyl groups is 1. The number of nitrogens with one attached hydrogen (secondary N) is 1. The molecule has 0 aromatic heterocycles. The van der Waals surface area contributed by atoms with Gasteiger partial charge in [-0.1, -0.05) is 60.7 Å². The quantitative estimate of drug-likeness (QED) is 0.495. The number of carbonyl (C=O) groups excluding carboxylic acids is 1. The van der Waals surface area contributed by atoms with E-state index >= 15 is 0 Å². The first kappa shape index (κ1) is 21.4. The van der Waals surface area contributed by atoms with E-state index < -0.39 is 0 Å². The van der Waals surface area contributed by atoms with Crippen molar-refractivity contribution in [1.82, 2.24) is 5.32 Å². The van der Waals surface area contributed by atoms with E-state index in [9.17, 15) is 9.90 Å². The number of hydrogen-bond acceptors (Lipinski definition) is 4. The molecule has 0 spiro atoms. The molecule has 0 aliphatic heterocycles. The first-order valence-corrected chi connectivity index (χ1v) is 10.0. The third-order valence-electron chi connectivity index (χ3n) is 4.82. The molecule has 0 heterocycles. The molecule has 1 amide bonds. The van der Waals surface area contributed by atoms with Crippen LogP contribution in [-0.2, 0) is 11.4 Å². The van der Waals surface area contributed by atoms with E-state index in [1.807, 2.05) is 60.7 Å². The zero-order chi connectivity index (χ0) is 21.2. The summed E-state index contributed by atoms with van der Waals surface area (Å²) in [6.07, 6.45) is 0.953. The molecule has 156 valence electrons. The fourth-order valence-corrected chi connectivity index (χ4v) is 3.25. The molecule has 0 aliphatic carbocycles. The summed E-state index contributed by atoms with van der Waals surface area (Å²) in [5.74, 6) is 1.21. The van der Waals surface area contributed by atoms with Crippen LogP contribution in [0.1, 0.15) is 35.6 Å². The molecule has 0 saturated heterocycles. The van der Waals surface area contributed by atoms with Crippen LogP contribution in [0.3, 0.4) is 0 Å². The molecule has 5 heteroatoms. The van der Waals surface area contributed by atoms with E-state index in [1.165, 1.54) is 0 Å². The molecule has 2 N–H and O–H groups in total. The Morgan fingerprint density at radius 2 is 1.60 bits per heavy atom. The lowest BCUT2D eigenvalue weighted by atomic mass is 9.98. The predicted octanol–water partition coefficient (Wildman–Crippen LogP) is 4.25. The molecule has 0 unspecified atom stereocenters. The first-order valence-electron chi connectivity index (χ1n) is 10.0. The van der Waals surface area contributed by atoms with Crippen LogP contribution in [-0.4, -0.2) is 24.7 Å². The summed E-state index contributed by atoms with van der Waals surface area (Å²) in [5, 5.41) is 12.4. The van der Waals surface area contributed by atoms with Gasteiger partial charge in [-0.15, -0.1) is 0 Å². The van der Waals surface area contributed by atoms with Crippen LogP contribution in [0.5, 0.6) is 11.5 Å². The minimum atomic E-state index is -0.184. The summed E-state index contributed by atoms with van der Waals surface area (Å²) in [6.45, 7) is 0.323. The summed E-state index contributed by atoms with van der Waals surface area (Å²) in [4.78, 5) is 12.6. The fraction of sp³-hybridized carbons (Fsp3) is 0.240. The highest BCUT2D eigenvalue weighted by Gasteiger charge is 2.16. The zero-order valence-electron chi connectivity index (χ0n) is 17.1. The maximum Gasteiger partial charge on any atom is 0.220 e. The Balaban J connectivity index is 1.54. The van der Waals surface area contributed by atoms with Crippen molar-refractivity contribution in [3.8, 4) is 11.5 Å². The van der Waals surface area contributed by atoms with Crippen molar-refractivity contribution in [2.24, 2.45) is 0 Å². The number of ether oxygens (including phenoxy) is 2. The van der Waals surface area contributed by atoms with Gasteiger partial charge in [0.1, 0.15) is 11.5 Å². The summed E-state index contributed by atoms with van der Waals surface area (Å²) < 4.78 is 11.0. The Kier molecular flexibility index (Phi) is 7.86. The number of benzene rings is 3. The van der Waals surface area contributed by atoms with Gasteiger partial charge in [-0.05, 0) is 29.7 Å². The van der Waals surface area contributed by atoms with E-state index in [1.54, 1.807) is 25.3 Å². The average Bonchev–Trinajstić information content (AvgIpc) is 2.81. The molecule has 0 saturated carbocycles. The van der Waals surface area contributed by atoms with E-state index in [0.717, 1.165) is 11.1 Å². The monoisotopic (exact) mass is 405 g/mol. The lowest BCUT2D eigenvalue weighted by molar-refractivity contribution is -0.121. The van der Waals surface area contributed by atoms with Gasteiger partial charge in [-0.3, -0.25) is 4.79 Å². The van der Waals surface area contributed by atoms with Gasteiger partial charge < -0.3 is 19.9 Å². The van der Waals surface area contributed by atoms with Gasteiger partial charge in [-0.2, -0.15) is 0 Å². The second-order valence-electron chi connectivity index (χ2n) is 6.91. The maximum atomic E-state index is 12.6. The normalized spacial score (nSPS) is 10.6. The molecule has 0 radical (unpaired) electrons. The van der Waals surface area contributed by atoms with Crippen LogP contribution in [0.15, 0.2) is 78.9 Å². The summed E-state index contributed by atoms with van der Waals surface area (Å²) in [7, 11) is 1.55. The minimum Gasteiger partial charge on any atom is -0.496 e. The highest BCUT2D eigenvalue weighted by molar-refractivity contribution is 5.77. The topological polar surface area (TPSA) is 67.8 Å². The van der Waals surface area contributed by atoms with Crippen LogP contribution in [0.25, 0.3) is 0 Å². The number of aliphatic hydroxyl groups excluding tert-OH is 1. The number of amides is 1. The minimum absolute atomic E-state index is 0.0236. The van der Waals surface area contributed by atoms with Gasteiger partial charge in [0, 0.05) is 18.1 Å². The largest absolute Gasteiger partial charge is 0.496 e. The summed E-state index contributed by atoms with van der Waals surface area (Å²) >= 11 is 0. The fourth-order valence-electron chi connectivity index (χ4n) is 3.25. The Hall–Kier alpha value is -3.31. The highest BCUT2D eigenvalue weighted by atomic mass is 16.5. The first-order chi connectivity index (χ1) is 14.7. The molecule has 0 aliphatic rings. The average molecular weight is 405 g/mol. The van der Waals surface area contributed by atoms with Crippen molar-refractivity contribution < 1.29 is 19.4 Å². The summed E-state index contributed by atoms with van der Waals surface area (Å²) in [5.41, 5.74) is 2.80. The number of hydrogen-bond donors (Lipinski definition) is 2. The third kappa shape index (κ3) is 5.84. The van der Waals surface area contributed by atoms with Crippen LogP contribution < -0.4 is 14.8 Å². The van der Waals surface area contributed by atoms with Crippen molar-refractivity contribution in [3.63, 3.8) is 0 Å². The smallest absolute Gasteiger partial charge is 0.220 e. The SMILES string of the molecule is COc1cc(OCCCC(=O)NC(c2ccccc2)c2ccccc2)ccc1CO. The second-order valence-corrected chi connectivity index (χ2v) is 6.91. The second kappa shape index (κ2) is 11.0. The van der Waals surface area contributed by atoms with Gasteiger partial charge >= 0.3 is 0 Å². The number of rotatable bonds is 10. The lowest BCUT2D eigenvalue weighted by Crippen LogP contribution is -2.29. The van der Waals surface area contributed by atoms with Crippen LogP contribution in [0.4, 0.5) is 0 Å². The van der Waals surface area contributed by atoms with Crippen molar-refractivity contribution in [2.45, 2.75) is 25.5 Å². The van der Waals surface area contributed by atoms with Gasteiger partial charge in [-0.25, -0.2) is 0 Å². The molecule has 0 atom stereocenters. The van der Waals surface area contributed by atoms with Crippen LogP contribution >= 0.6 is 0 Å². The Morgan fingerprint density at radius 3 is 2.17 bits per heavy atom. The Morgan fingerprint density at radius 1 is 0.967 bits per heavy atom. The van der Waals surface area contributed by atoms with Crippen LogP contribution in [0, 0.1) is 0 Å². The Bertz CT molecular complexity index is 889. The van der Waals surface area contributed by atoms with E-state index in [2.05, 4.69) is 5.32 Å². The molecule has 5 nitrogen and oxygen atoms in total. The van der Waals surface area contributed by atoms with Crippen LogP contribution in [0.2, 0.25) is 0 Å². The van der Waals surface area contributed by atoms with Crippen molar-refractivity contribution in [1.29, 1.82) is 0 Å². The molecule has 3 rings (SSSR count). The molecule has 3 aromatic rings. The molecule has 0 bridgehead atoms. The van der Waals surface area contributed by atoms with Gasteiger partial charge in [0.25, 0.3) is 0 Å².